The quantitative estimate of drug-likeness (QED) is 0.893. The van der Waals surface area contributed by atoms with Crippen LogP contribution in [-0.2, 0) is 11.2 Å². The van der Waals surface area contributed by atoms with Gasteiger partial charge in [0, 0.05) is 18.3 Å². The van der Waals surface area contributed by atoms with E-state index in [2.05, 4.69) is 30.1 Å². The van der Waals surface area contributed by atoms with Gasteiger partial charge in [0.2, 0.25) is 5.91 Å². The Kier molecular flexibility index (Phi) is 5.37. The third-order valence-corrected chi connectivity index (χ3v) is 4.47. The standard InChI is InChI=1S/C17H27N3O/c1-4-14-7-5-6-13(3)17(14)19-16(21)11-20-9-8-12(2)15(18)10-20/h5-7,12,15H,4,8-11,18H2,1-3H3,(H,19,21). The summed E-state index contributed by atoms with van der Waals surface area (Å²) < 4.78 is 0. The Hall–Kier alpha value is -1.39. The molecule has 1 saturated heterocycles. The van der Waals surface area contributed by atoms with Gasteiger partial charge in [-0.15, -0.1) is 0 Å². The predicted octanol–water partition coefficient (Wildman–Crippen LogP) is 2.17. The van der Waals surface area contributed by atoms with Crippen molar-refractivity contribution in [2.75, 3.05) is 25.0 Å². The molecule has 0 radical (unpaired) electrons. The maximum Gasteiger partial charge on any atom is 0.238 e. The van der Waals surface area contributed by atoms with Gasteiger partial charge in [-0.05, 0) is 43.4 Å². The molecule has 2 rings (SSSR count). The number of piperidine rings is 1. The lowest BCUT2D eigenvalue weighted by atomic mass is 9.94. The highest BCUT2D eigenvalue weighted by Crippen LogP contribution is 2.21. The molecular formula is C17H27N3O. The fourth-order valence-corrected chi connectivity index (χ4v) is 2.90. The lowest BCUT2D eigenvalue weighted by Gasteiger charge is -2.34. The van der Waals surface area contributed by atoms with Crippen LogP contribution >= 0.6 is 0 Å². The number of rotatable bonds is 4. The third kappa shape index (κ3) is 4.05. The van der Waals surface area contributed by atoms with Crippen molar-refractivity contribution in [3.05, 3.63) is 29.3 Å². The molecule has 116 valence electrons. The number of para-hydroxylation sites is 1. The van der Waals surface area contributed by atoms with Gasteiger partial charge >= 0.3 is 0 Å². The number of nitrogens with zero attached hydrogens (tertiary/aromatic N) is 1. The minimum Gasteiger partial charge on any atom is -0.326 e. The number of nitrogens with two attached hydrogens (primary N) is 1. The Morgan fingerprint density at radius 1 is 1.48 bits per heavy atom. The number of nitrogens with one attached hydrogen (secondary N) is 1. The number of hydrogen-bond donors (Lipinski definition) is 2. The molecule has 3 N–H and O–H groups in total. The summed E-state index contributed by atoms with van der Waals surface area (Å²) in [5.41, 5.74) is 9.37. The lowest BCUT2D eigenvalue weighted by molar-refractivity contribution is -0.117. The molecule has 1 heterocycles. The molecule has 1 aromatic rings. The maximum atomic E-state index is 12.3. The van der Waals surface area contributed by atoms with Crippen LogP contribution in [0.1, 0.15) is 31.4 Å². The van der Waals surface area contributed by atoms with Crippen molar-refractivity contribution in [2.45, 2.75) is 39.7 Å². The van der Waals surface area contributed by atoms with Crippen LogP contribution in [0.4, 0.5) is 5.69 Å². The molecule has 0 aromatic heterocycles. The SMILES string of the molecule is CCc1cccc(C)c1NC(=O)CN1CCC(C)C(N)C1. The fourth-order valence-electron chi connectivity index (χ4n) is 2.90. The van der Waals surface area contributed by atoms with Crippen LogP contribution < -0.4 is 11.1 Å². The summed E-state index contributed by atoms with van der Waals surface area (Å²) in [5, 5.41) is 3.08. The molecule has 1 aliphatic heterocycles. The third-order valence-electron chi connectivity index (χ3n) is 4.47. The summed E-state index contributed by atoms with van der Waals surface area (Å²) in [4.78, 5) is 14.5. The zero-order chi connectivity index (χ0) is 15.4. The number of anilines is 1. The molecular weight excluding hydrogens is 262 g/mol. The predicted molar refractivity (Wildman–Crippen MR) is 87.4 cm³/mol. The lowest BCUT2D eigenvalue weighted by Crippen LogP contribution is -2.49. The van der Waals surface area contributed by atoms with E-state index in [-0.39, 0.29) is 11.9 Å². The van der Waals surface area contributed by atoms with Gasteiger partial charge in [0.25, 0.3) is 0 Å². The Morgan fingerprint density at radius 2 is 2.24 bits per heavy atom. The Morgan fingerprint density at radius 3 is 2.90 bits per heavy atom. The molecule has 2 atom stereocenters. The average Bonchev–Trinajstić information content (AvgIpc) is 2.45. The second-order valence-corrected chi connectivity index (χ2v) is 6.18. The number of likely N-dealkylation sites (tertiary alicyclic amines) is 1. The number of aryl methyl sites for hydroxylation is 2. The van der Waals surface area contributed by atoms with Gasteiger partial charge in [-0.1, -0.05) is 32.0 Å². The van der Waals surface area contributed by atoms with Gasteiger partial charge in [-0.3, -0.25) is 9.69 Å². The number of hydrogen-bond acceptors (Lipinski definition) is 3. The van der Waals surface area contributed by atoms with Crippen LogP contribution in [0.3, 0.4) is 0 Å². The summed E-state index contributed by atoms with van der Waals surface area (Å²) in [7, 11) is 0. The molecule has 1 fully saturated rings. The highest BCUT2D eigenvalue weighted by molar-refractivity contribution is 5.93. The number of benzene rings is 1. The smallest absolute Gasteiger partial charge is 0.238 e. The van der Waals surface area contributed by atoms with Gasteiger partial charge < -0.3 is 11.1 Å². The highest BCUT2D eigenvalue weighted by atomic mass is 16.2. The first-order valence-corrected chi connectivity index (χ1v) is 7.87. The molecule has 21 heavy (non-hydrogen) atoms. The van der Waals surface area contributed by atoms with E-state index in [1.165, 1.54) is 5.56 Å². The van der Waals surface area contributed by atoms with Crippen LogP contribution in [0.2, 0.25) is 0 Å². The topological polar surface area (TPSA) is 58.4 Å². The minimum absolute atomic E-state index is 0.0563. The molecule has 4 heteroatoms. The Bertz CT molecular complexity index is 501. The normalized spacial score (nSPS) is 23.0. The van der Waals surface area contributed by atoms with Crippen LogP contribution in [0.15, 0.2) is 18.2 Å². The summed E-state index contributed by atoms with van der Waals surface area (Å²) in [6, 6.07) is 6.32. The zero-order valence-corrected chi connectivity index (χ0v) is 13.4. The molecule has 0 spiro atoms. The van der Waals surface area contributed by atoms with E-state index in [0.29, 0.717) is 12.5 Å². The first kappa shape index (κ1) is 16.0. The minimum atomic E-state index is 0.0563. The molecule has 1 aromatic carbocycles. The van der Waals surface area contributed by atoms with E-state index in [0.717, 1.165) is 37.2 Å². The van der Waals surface area contributed by atoms with Crippen molar-refractivity contribution in [3.63, 3.8) is 0 Å². The second kappa shape index (κ2) is 7.05. The molecule has 2 unspecified atom stereocenters. The monoisotopic (exact) mass is 289 g/mol. The molecule has 1 amide bonds. The summed E-state index contributed by atoms with van der Waals surface area (Å²) in [6.07, 6.45) is 1.99. The highest BCUT2D eigenvalue weighted by Gasteiger charge is 2.24. The number of carbonyl (C=O) groups excluding carboxylic acids is 1. The van der Waals surface area contributed by atoms with E-state index < -0.39 is 0 Å². The number of carbonyl (C=O) groups is 1. The zero-order valence-electron chi connectivity index (χ0n) is 13.4. The summed E-state index contributed by atoms with van der Waals surface area (Å²) in [5.74, 6) is 0.605. The first-order chi connectivity index (χ1) is 10.0. The van der Waals surface area contributed by atoms with E-state index in [9.17, 15) is 4.79 Å². The second-order valence-electron chi connectivity index (χ2n) is 6.18. The van der Waals surface area contributed by atoms with Crippen LogP contribution in [0, 0.1) is 12.8 Å². The Balaban J connectivity index is 1.96. The van der Waals surface area contributed by atoms with Gasteiger partial charge in [0.05, 0.1) is 6.54 Å². The van der Waals surface area contributed by atoms with E-state index in [4.69, 9.17) is 5.73 Å². The largest absolute Gasteiger partial charge is 0.326 e. The summed E-state index contributed by atoms with van der Waals surface area (Å²) in [6.45, 7) is 8.52. The fraction of sp³-hybridized carbons (Fsp3) is 0.588. The van der Waals surface area contributed by atoms with Crippen molar-refractivity contribution >= 4 is 11.6 Å². The van der Waals surface area contributed by atoms with Crippen molar-refractivity contribution < 1.29 is 4.79 Å². The van der Waals surface area contributed by atoms with Gasteiger partial charge in [0.15, 0.2) is 0 Å². The Labute approximate surface area is 127 Å². The van der Waals surface area contributed by atoms with Crippen molar-refractivity contribution in [1.82, 2.24) is 4.90 Å². The van der Waals surface area contributed by atoms with Gasteiger partial charge in [0.1, 0.15) is 0 Å². The summed E-state index contributed by atoms with van der Waals surface area (Å²) >= 11 is 0. The van der Waals surface area contributed by atoms with Crippen LogP contribution in [0.5, 0.6) is 0 Å². The number of amides is 1. The van der Waals surface area contributed by atoms with Crippen molar-refractivity contribution in [1.29, 1.82) is 0 Å². The van der Waals surface area contributed by atoms with Crippen molar-refractivity contribution in [2.24, 2.45) is 11.7 Å². The molecule has 0 aliphatic carbocycles. The first-order valence-electron chi connectivity index (χ1n) is 7.87. The van der Waals surface area contributed by atoms with Crippen LogP contribution in [0.25, 0.3) is 0 Å². The van der Waals surface area contributed by atoms with Gasteiger partial charge in [-0.2, -0.15) is 0 Å². The van der Waals surface area contributed by atoms with E-state index in [1.54, 1.807) is 0 Å². The van der Waals surface area contributed by atoms with Gasteiger partial charge in [-0.25, -0.2) is 0 Å². The van der Waals surface area contributed by atoms with E-state index >= 15 is 0 Å². The molecule has 4 nitrogen and oxygen atoms in total. The van der Waals surface area contributed by atoms with Crippen LogP contribution in [-0.4, -0.2) is 36.5 Å². The van der Waals surface area contributed by atoms with E-state index in [1.807, 2.05) is 19.1 Å². The molecule has 0 saturated carbocycles. The van der Waals surface area contributed by atoms with Crippen molar-refractivity contribution in [3.8, 4) is 0 Å². The maximum absolute atomic E-state index is 12.3. The molecule has 1 aliphatic rings. The molecule has 0 bridgehead atoms. The average molecular weight is 289 g/mol.